The van der Waals surface area contributed by atoms with Gasteiger partial charge in [-0.3, -0.25) is 0 Å². The van der Waals surface area contributed by atoms with E-state index in [9.17, 15) is 0 Å². The van der Waals surface area contributed by atoms with Crippen molar-refractivity contribution in [2.75, 3.05) is 41.6 Å². The largest absolute Gasteiger partial charge is 0.384 e. The number of nitrogens with one attached hydrogen (secondary N) is 1. The Morgan fingerprint density at radius 1 is 1.07 bits per heavy atom. The van der Waals surface area contributed by atoms with E-state index in [4.69, 9.17) is 14.2 Å². The summed E-state index contributed by atoms with van der Waals surface area (Å²) < 4.78 is 15.7. The molecule has 0 radical (unpaired) electrons. The highest BCUT2D eigenvalue weighted by Gasteiger charge is 2.25. The average molecular weight is 205 g/mol. The Labute approximate surface area is 86.9 Å². The van der Waals surface area contributed by atoms with E-state index in [-0.39, 0.29) is 18.1 Å². The molecule has 0 saturated heterocycles. The molecule has 0 aliphatic carbocycles. The van der Waals surface area contributed by atoms with Crippen molar-refractivity contribution in [3.05, 3.63) is 0 Å². The quantitative estimate of drug-likeness (QED) is 0.627. The minimum absolute atomic E-state index is 0.111. The fraction of sp³-hybridized carbons (Fsp3) is 1.00. The van der Waals surface area contributed by atoms with Crippen LogP contribution in [0.15, 0.2) is 0 Å². The van der Waals surface area contributed by atoms with E-state index in [1.165, 1.54) is 0 Å². The molecular weight excluding hydrogens is 182 g/mol. The van der Waals surface area contributed by atoms with Gasteiger partial charge in [-0.25, -0.2) is 0 Å². The molecule has 0 rings (SSSR count). The van der Waals surface area contributed by atoms with Crippen LogP contribution in [-0.4, -0.2) is 53.7 Å². The van der Waals surface area contributed by atoms with Gasteiger partial charge < -0.3 is 19.5 Å². The summed E-state index contributed by atoms with van der Waals surface area (Å²) in [4.78, 5) is 0. The highest BCUT2D eigenvalue weighted by Crippen LogP contribution is 2.12. The molecule has 0 saturated carbocycles. The second-order valence-electron chi connectivity index (χ2n) is 3.45. The van der Waals surface area contributed by atoms with E-state index >= 15 is 0 Å². The molecule has 14 heavy (non-hydrogen) atoms. The molecule has 4 heteroatoms. The van der Waals surface area contributed by atoms with Crippen LogP contribution in [0.25, 0.3) is 0 Å². The van der Waals surface area contributed by atoms with Gasteiger partial charge in [0.2, 0.25) is 0 Å². The molecule has 0 aromatic heterocycles. The van der Waals surface area contributed by atoms with E-state index in [1.54, 1.807) is 21.3 Å². The number of hydrogen-bond donors (Lipinski definition) is 1. The maximum Gasteiger partial charge on any atom is 0.0793 e. The van der Waals surface area contributed by atoms with Crippen molar-refractivity contribution in [2.45, 2.75) is 19.1 Å². The molecule has 1 N–H and O–H groups in total. The standard InChI is InChI=1S/C10H23NO3/c1-8(11-2)10(14-5)9(6-12-3)7-13-4/h8-11H,6-7H2,1-5H3. The SMILES string of the molecule is CNC(C)C(OC)C(COC)COC. The van der Waals surface area contributed by atoms with Gasteiger partial charge in [0.05, 0.1) is 19.3 Å². The van der Waals surface area contributed by atoms with Crippen LogP contribution in [0.1, 0.15) is 6.92 Å². The Morgan fingerprint density at radius 3 is 1.86 bits per heavy atom. The number of rotatable bonds is 8. The Kier molecular flexibility index (Phi) is 8.08. The number of hydrogen-bond acceptors (Lipinski definition) is 4. The summed E-state index contributed by atoms with van der Waals surface area (Å²) in [7, 11) is 7.03. The highest BCUT2D eigenvalue weighted by molar-refractivity contribution is 4.78. The lowest BCUT2D eigenvalue weighted by atomic mass is 9.98. The Bertz CT molecular complexity index is 127. The first kappa shape index (κ1) is 13.8. The predicted molar refractivity (Wildman–Crippen MR) is 56.6 cm³/mol. The lowest BCUT2D eigenvalue weighted by Gasteiger charge is -2.29. The molecule has 2 atom stereocenters. The molecule has 4 nitrogen and oxygen atoms in total. The van der Waals surface area contributed by atoms with E-state index in [2.05, 4.69) is 12.2 Å². The summed E-state index contributed by atoms with van der Waals surface area (Å²) in [5.41, 5.74) is 0. The van der Waals surface area contributed by atoms with Crippen molar-refractivity contribution in [3.8, 4) is 0 Å². The zero-order valence-corrected chi connectivity index (χ0v) is 9.87. The Morgan fingerprint density at radius 2 is 1.57 bits per heavy atom. The van der Waals surface area contributed by atoms with Gasteiger partial charge in [0.15, 0.2) is 0 Å². The van der Waals surface area contributed by atoms with Gasteiger partial charge in [-0.15, -0.1) is 0 Å². The smallest absolute Gasteiger partial charge is 0.0793 e. The van der Waals surface area contributed by atoms with Gasteiger partial charge in [-0.2, -0.15) is 0 Å². The van der Waals surface area contributed by atoms with Crippen LogP contribution in [0.4, 0.5) is 0 Å². The number of ether oxygens (including phenoxy) is 3. The number of methoxy groups -OCH3 is 3. The fourth-order valence-corrected chi connectivity index (χ4v) is 1.64. The first-order valence-electron chi connectivity index (χ1n) is 4.89. The van der Waals surface area contributed by atoms with Crippen molar-refractivity contribution < 1.29 is 14.2 Å². The lowest BCUT2D eigenvalue weighted by molar-refractivity contribution is -0.0329. The van der Waals surface area contributed by atoms with Crippen LogP contribution in [0.3, 0.4) is 0 Å². The zero-order valence-electron chi connectivity index (χ0n) is 9.87. The highest BCUT2D eigenvalue weighted by atomic mass is 16.5. The zero-order chi connectivity index (χ0) is 11.0. The molecule has 0 fully saturated rings. The molecule has 0 aliphatic heterocycles. The van der Waals surface area contributed by atoms with Gasteiger partial charge in [0, 0.05) is 33.3 Å². The van der Waals surface area contributed by atoms with Crippen molar-refractivity contribution in [1.29, 1.82) is 0 Å². The Balaban J connectivity index is 4.24. The predicted octanol–water partition coefficient (Wildman–Crippen LogP) is 0.518. The molecule has 0 spiro atoms. The van der Waals surface area contributed by atoms with Crippen LogP contribution in [-0.2, 0) is 14.2 Å². The third-order valence-electron chi connectivity index (χ3n) is 2.45. The first-order valence-corrected chi connectivity index (χ1v) is 4.89. The number of likely N-dealkylation sites (N-methyl/N-ethyl adjacent to an activating group) is 1. The average Bonchev–Trinajstić information content (AvgIpc) is 2.19. The molecule has 0 aliphatic rings. The maximum absolute atomic E-state index is 5.45. The molecule has 0 heterocycles. The van der Waals surface area contributed by atoms with Crippen LogP contribution < -0.4 is 5.32 Å². The van der Waals surface area contributed by atoms with Gasteiger partial charge in [-0.05, 0) is 14.0 Å². The fourth-order valence-electron chi connectivity index (χ4n) is 1.64. The topological polar surface area (TPSA) is 39.7 Å². The van der Waals surface area contributed by atoms with Crippen molar-refractivity contribution >= 4 is 0 Å². The monoisotopic (exact) mass is 205 g/mol. The van der Waals surface area contributed by atoms with Gasteiger partial charge in [-0.1, -0.05) is 0 Å². The normalized spacial score (nSPS) is 15.9. The van der Waals surface area contributed by atoms with Gasteiger partial charge >= 0.3 is 0 Å². The summed E-state index contributed by atoms with van der Waals surface area (Å²) in [6.07, 6.45) is 0.111. The lowest BCUT2D eigenvalue weighted by Crippen LogP contribution is -2.44. The minimum atomic E-state index is 0.111. The summed E-state index contributed by atoms with van der Waals surface area (Å²) in [6.45, 7) is 3.39. The van der Waals surface area contributed by atoms with Crippen LogP contribution >= 0.6 is 0 Å². The van der Waals surface area contributed by atoms with Crippen molar-refractivity contribution in [1.82, 2.24) is 5.32 Å². The van der Waals surface area contributed by atoms with Crippen LogP contribution in [0.5, 0.6) is 0 Å². The summed E-state index contributed by atoms with van der Waals surface area (Å²) >= 11 is 0. The second-order valence-corrected chi connectivity index (χ2v) is 3.45. The molecule has 2 unspecified atom stereocenters. The molecule has 86 valence electrons. The maximum atomic E-state index is 5.45. The third-order valence-corrected chi connectivity index (χ3v) is 2.45. The van der Waals surface area contributed by atoms with Gasteiger partial charge in [0.1, 0.15) is 0 Å². The molecule has 0 aromatic carbocycles. The minimum Gasteiger partial charge on any atom is -0.384 e. The van der Waals surface area contributed by atoms with E-state index in [0.29, 0.717) is 13.2 Å². The van der Waals surface area contributed by atoms with E-state index in [1.807, 2.05) is 7.05 Å². The molecule has 0 amide bonds. The van der Waals surface area contributed by atoms with E-state index in [0.717, 1.165) is 0 Å². The molecule has 0 aromatic rings. The molecular formula is C10H23NO3. The van der Waals surface area contributed by atoms with Crippen molar-refractivity contribution in [3.63, 3.8) is 0 Å². The second kappa shape index (κ2) is 8.17. The van der Waals surface area contributed by atoms with Crippen LogP contribution in [0, 0.1) is 5.92 Å². The van der Waals surface area contributed by atoms with E-state index < -0.39 is 0 Å². The summed E-state index contributed by atoms with van der Waals surface area (Å²) in [5.74, 6) is 0.262. The molecule has 0 bridgehead atoms. The summed E-state index contributed by atoms with van der Waals surface area (Å²) in [5, 5.41) is 3.18. The van der Waals surface area contributed by atoms with Gasteiger partial charge in [0.25, 0.3) is 0 Å². The Hall–Kier alpha value is -0.160. The first-order chi connectivity index (χ1) is 6.71. The van der Waals surface area contributed by atoms with Crippen LogP contribution in [0.2, 0.25) is 0 Å². The van der Waals surface area contributed by atoms with Crippen molar-refractivity contribution in [2.24, 2.45) is 5.92 Å². The summed E-state index contributed by atoms with van der Waals surface area (Å²) in [6, 6.07) is 0.287. The third kappa shape index (κ3) is 4.37.